The Kier molecular flexibility index (Phi) is 4.09. The standard InChI is InChI=1S/C21H19N3OS/c1-12-8-9-13(2)18(10-12)23-21-24-20(25)19(26-21)11-16-14(3)22-17-7-5-4-6-15(16)17/h4-11,25H,1-3H3,(H,23,24). The Morgan fingerprint density at radius 2 is 1.88 bits per heavy atom. The largest absolute Gasteiger partial charge is 0.492 e. The Morgan fingerprint density at radius 1 is 1.08 bits per heavy atom. The van der Waals surface area contributed by atoms with Crippen molar-refractivity contribution in [2.24, 2.45) is 4.99 Å². The van der Waals surface area contributed by atoms with E-state index in [1.54, 1.807) is 0 Å². The molecule has 4 nitrogen and oxygen atoms in total. The Labute approximate surface area is 156 Å². The minimum atomic E-state index is 0.0347. The van der Waals surface area contributed by atoms with Gasteiger partial charge in [-0.1, -0.05) is 41.7 Å². The second-order valence-corrected chi connectivity index (χ2v) is 7.45. The molecule has 2 N–H and O–H groups in total. The van der Waals surface area contributed by atoms with Crippen LogP contribution in [0.15, 0.2) is 47.5 Å². The fourth-order valence-corrected chi connectivity index (χ4v) is 3.82. The molecule has 130 valence electrons. The van der Waals surface area contributed by atoms with Crippen molar-refractivity contribution in [3.8, 4) is 5.88 Å². The number of aromatic hydroxyl groups is 1. The predicted molar refractivity (Wildman–Crippen MR) is 110 cm³/mol. The number of anilines is 2. The van der Waals surface area contributed by atoms with Gasteiger partial charge in [-0.05, 0) is 50.1 Å². The third-order valence-corrected chi connectivity index (χ3v) is 5.32. The molecule has 0 unspecified atom stereocenters. The smallest absolute Gasteiger partial charge is 0.231 e. The number of nitrogens with zero attached hydrogens (tertiary/aromatic N) is 2. The summed E-state index contributed by atoms with van der Waals surface area (Å²) in [6.07, 6.45) is 1.96. The summed E-state index contributed by atoms with van der Waals surface area (Å²) in [6, 6.07) is 14.3. The Balaban J connectivity index is 1.68. The van der Waals surface area contributed by atoms with Crippen LogP contribution in [0.1, 0.15) is 28.5 Å². The van der Waals surface area contributed by atoms with Crippen LogP contribution in [0.3, 0.4) is 0 Å². The molecule has 0 bridgehead atoms. The lowest BCUT2D eigenvalue weighted by molar-refractivity contribution is 0.457. The highest BCUT2D eigenvalue weighted by atomic mass is 32.1. The van der Waals surface area contributed by atoms with Gasteiger partial charge in [-0.15, -0.1) is 0 Å². The summed E-state index contributed by atoms with van der Waals surface area (Å²) < 4.78 is 0. The van der Waals surface area contributed by atoms with E-state index in [1.807, 2.05) is 38.1 Å². The molecule has 2 aromatic carbocycles. The van der Waals surface area contributed by atoms with E-state index in [0.29, 0.717) is 5.13 Å². The highest BCUT2D eigenvalue weighted by Crippen LogP contribution is 2.39. The first-order valence-corrected chi connectivity index (χ1v) is 9.24. The minimum absolute atomic E-state index is 0.0347. The molecule has 0 atom stereocenters. The third-order valence-electron chi connectivity index (χ3n) is 4.42. The summed E-state index contributed by atoms with van der Waals surface area (Å²) in [5, 5.41) is 14.3. The van der Waals surface area contributed by atoms with Gasteiger partial charge in [0.05, 0.1) is 10.6 Å². The number of benzene rings is 2. The van der Waals surface area contributed by atoms with E-state index in [9.17, 15) is 5.11 Å². The lowest BCUT2D eigenvalue weighted by Crippen LogP contribution is -1.92. The summed E-state index contributed by atoms with van der Waals surface area (Å²) in [5.74, 6) is 0.0347. The number of hydrogen-bond donors (Lipinski definition) is 2. The number of rotatable bonds is 3. The van der Waals surface area contributed by atoms with Gasteiger partial charge >= 0.3 is 0 Å². The number of thiazole rings is 1. The van der Waals surface area contributed by atoms with Crippen LogP contribution in [-0.2, 0) is 0 Å². The molecule has 1 aliphatic heterocycles. The van der Waals surface area contributed by atoms with Gasteiger partial charge in [0.25, 0.3) is 0 Å². The molecule has 1 aromatic heterocycles. The monoisotopic (exact) mass is 361 g/mol. The molecule has 0 radical (unpaired) electrons. The predicted octanol–water partition coefficient (Wildman–Crippen LogP) is 5.86. The highest BCUT2D eigenvalue weighted by molar-refractivity contribution is 7.16. The zero-order valence-corrected chi connectivity index (χ0v) is 15.7. The molecule has 0 aliphatic carbocycles. The number of hydrogen-bond acceptors (Lipinski definition) is 5. The molecule has 5 heteroatoms. The van der Waals surface area contributed by atoms with Crippen molar-refractivity contribution in [3.63, 3.8) is 0 Å². The summed E-state index contributed by atoms with van der Waals surface area (Å²) in [5.41, 5.74) is 7.34. The normalized spacial score (nSPS) is 14.4. The molecule has 0 spiro atoms. The highest BCUT2D eigenvalue weighted by Gasteiger charge is 2.19. The molecule has 26 heavy (non-hydrogen) atoms. The maximum atomic E-state index is 10.3. The fraction of sp³-hybridized carbons (Fsp3) is 0.143. The molecule has 4 rings (SSSR count). The van der Waals surface area contributed by atoms with Crippen LogP contribution in [0.4, 0.5) is 16.5 Å². The third kappa shape index (κ3) is 3.02. The van der Waals surface area contributed by atoms with Gasteiger partial charge in [-0.3, -0.25) is 4.99 Å². The van der Waals surface area contributed by atoms with Crippen LogP contribution in [0.2, 0.25) is 0 Å². The van der Waals surface area contributed by atoms with Crippen molar-refractivity contribution in [2.75, 3.05) is 5.32 Å². The zero-order chi connectivity index (χ0) is 18.3. The van der Waals surface area contributed by atoms with Crippen LogP contribution in [-0.4, -0.2) is 15.8 Å². The quantitative estimate of drug-likeness (QED) is 0.615. The van der Waals surface area contributed by atoms with Crippen molar-refractivity contribution in [1.82, 2.24) is 4.98 Å². The van der Waals surface area contributed by atoms with Crippen molar-refractivity contribution in [3.05, 3.63) is 64.0 Å². The number of fused-ring (bicyclic) bond motifs is 1. The fourth-order valence-electron chi connectivity index (χ4n) is 3.01. The van der Waals surface area contributed by atoms with Crippen molar-refractivity contribution in [2.45, 2.75) is 20.8 Å². The number of aromatic nitrogens is 1. The van der Waals surface area contributed by atoms with Gasteiger partial charge in [0.2, 0.25) is 5.88 Å². The average molecular weight is 361 g/mol. The van der Waals surface area contributed by atoms with Gasteiger partial charge in [0.1, 0.15) is 0 Å². The van der Waals surface area contributed by atoms with Crippen molar-refractivity contribution in [1.29, 1.82) is 0 Å². The van der Waals surface area contributed by atoms with Crippen LogP contribution in [0, 0.1) is 13.8 Å². The molecule has 0 fully saturated rings. The van der Waals surface area contributed by atoms with E-state index in [2.05, 4.69) is 46.5 Å². The van der Waals surface area contributed by atoms with E-state index in [1.165, 1.54) is 16.9 Å². The summed E-state index contributed by atoms with van der Waals surface area (Å²) in [6.45, 7) is 6.09. The second kappa shape index (κ2) is 6.42. The van der Waals surface area contributed by atoms with Crippen LogP contribution >= 0.6 is 11.3 Å². The van der Waals surface area contributed by atoms with Crippen molar-refractivity contribution < 1.29 is 5.11 Å². The first-order chi connectivity index (χ1) is 12.5. The Morgan fingerprint density at radius 3 is 2.73 bits per heavy atom. The lowest BCUT2D eigenvalue weighted by atomic mass is 10.0. The van der Waals surface area contributed by atoms with Gasteiger partial charge in [-0.2, -0.15) is 4.98 Å². The topological polar surface area (TPSA) is 57.5 Å². The minimum Gasteiger partial charge on any atom is -0.492 e. The second-order valence-electron chi connectivity index (χ2n) is 6.42. The number of aryl methyl sites for hydroxylation is 2. The summed E-state index contributed by atoms with van der Waals surface area (Å²) in [7, 11) is 0. The maximum Gasteiger partial charge on any atom is 0.231 e. The molecule has 0 saturated carbocycles. The van der Waals surface area contributed by atoms with Gasteiger partial charge in [0.15, 0.2) is 5.13 Å². The van der Waals surface area contributed by atoms with E-state index < -0.39 is 0 Å². The van der Waals surface area contributed by atoms with E-state index >= 15 is 0 Å². The Bertz CT molecular complexity index is 1060. The zero-order valence-electron chi connectivity index (χ0n) is 14.9. The van der Waals surface area contributed by atoms with E-state index in [0.717, 1.165) is 38.7 Å². The van der Waals surface area contributed by atoms with Gasteiger partial charge in [0, 0.05) is 22.5 Å². The van der Waals surface area contributed by atoms with Crippen LogP contribution in [0.25, 0.3) is 11.6 Å². The molecule has 0 amide bonds. The van der Waals surface area contributed by atoms with Crippen molar-refractivity contribution >= 4 is 45.2 Å². The summed E-state index contributed by atoms with van der Waals surface area (Å²) in [4.78, 5) is 9.59. The molecular weight excluding hydrogens is 342 g/mol. The molecule has 2 heterocycles. The first-order valence-electron chi connectivity index (χ1n) is 8.42. The lowest BCUT2D eigenvalue weighted by Gasteiger charge is -2.07. The van der Waals surface area contributed by atoms with Crippen LogP contribution in [0.5, 0.6) is 5.88 Å². The molecule has 0 saturated heterocycles. The number of para-hydroxylation sites is 1. The van der Waals surface area contributed by atoms with E-state index in [-0.39, 0.29) is 5.88 Å². The number of aliphatic imine (C=N–C) groups is 1. The molecular formula is C21H19N3OS. The molecule has 1 aliphatic rings. The van der Waals surface area contributed by atoms with E-state index in [4.69, 9.17) is 0 Å². The van der Waals surface area contributed by atoms with Gasteiger partial charge in [-0.25, -0.2) is 0 Å². The average Bonchev–Trinajstić information content (AvgIpc) is 3.11. The van der Waals surface area contributed by atoms with Crippen LogP contribution < -0.4 is 5.32 Å². The maximum absolute atomic E-state index is 10.3. The van der Waals surface area contributed by atoms with Gasteiger partial charge < -0.3 is 10.4 Å². The first kappa shape index (κ1) is 16.5. The number of allylic oxidation sites excluding steroid dienone is 1. The number of nitrogens with one attached hydrogen (secondary N) is 1. The summed E-state index contributed by atoms with van der Waals surface area (Å²) >= 11 is 1.43. The molecule has 3 aromatic rings. The Hall–Kier alpha value is -2.92. The SMILES string of the molecule is CC1=Nc2ccccc2C1=Cc1sc(Nc2cc(C)ccc2C)nc1O.